The van der Waals surface area contributed by atoms with Gasteiger partial charge in [-0.2, -0.15) is 0 Å². The van der Waals surface area contributed by atoms with Crippen molar-refractivity contribution in [2.24, 2.45) is 5.92 Å². The Balaban J connectivity index is 1.53. The molecule has 0 atom stereocenters. The number of sulfone groups is 1. The number of nitrogens with zero attached hydrogens (tertiary/aromatic N) is 2. The summed E-state index contributed by atoms with van der Waals surface area (Å²) < 4.78 is 28.9. The van der Waals surface area contributed by atoms with Crippen LogP contribution < -0.4 is 10.2 Å². The van der Waals surface area contributed by atoms with Crippen LogP contribution in [0.3, 0.4) is 0 Å². The predicted molar refractivity (Wildman–Crippen MR) is 105 cm³/mol. The van der Waals surface area contributed by atoms with E-state index in [9.17, 15) is 8.42 Å². The van der Waals surface area contributed by atoms with E-state index in [1.165, 1.54) is 6.26 Å². The lowest BCUT2D eigenvalue weighted by molar-refractivity contribution is 0.159. The summed E-state index contributed by atoms with van der Waals surface area (Å²) >= 11 is 0. The topological polar surface area (TPSA) is 116 Å². The first-order valence-electron chi connectivity index (χ1n) is 9.00. The number of aromatic nitrogens is 1. The number of hydroxylamine groups is 1. The number of guanidine groups is 1. The van der Waals surface area contributed by atoms with Crippen molar-refractivity contribution in [3.05, 3.63) is 42.6 Å². The molecule has 3 rings (SSSR count). The molecule has 1 aromatic heterocycles. The van der Waals surface area contributed by atoms with Crippen LogP contribution in [0.4, 0.5) is 0 Å². The summed E-state index contributed by atoms with van der Waals surface area (Å²) in [5.74, 6) is 1.11. The van der Waals surface area contributed by atoms with Gasteiger partial charge in [0.2, 0.25) is 5.96 Å². The van der Waals surface area contributed by atoms with Gasteiger partial charge < -0.3 is 9.64 Å². The van der Waals surface area contributed by atoms with Crippen LogP contribution in [0.1, 0.15) is 12.8 Å². The number of hydrogen-bond acceptors (Lipinski definition) is 6. The molecule has 9 heteroatoms. The maximum atomic E-state index is 11.5. The van der Waals surface area contributed by atoms with E-state index >= 15 is 0 Å². The van der Waals surface area contributed by atoms with Crippen LogP contribution >= 0.6 is 0 Å². The summed E-state index contributed by atoms with van der Waals surface area (Å²) in [6, 6.07) is 10.3. The standard InChI is InChI=1S/C19H24N4O4S/c1-28(25,26)17-5-2-15(3-6-17)18-7-4-16(12-21-18)27-13-14-8-10-23(11-9-14)19(20)22-24/h2-7,12,14,24H,8-11,13H2,1H3,(H2,20,22). The van der Waals surface area contributed by atoms with Crippen LogP contribution in [-0.4, -0.2) is 55.4 Å². The molecule has 0 spiro atoms. The van der Waals surface area contributed by atoms with Crippen molar-refractivity contribution in [2.75, 3.05) is 26.0 Å². The van der Waals surface area contributed by atoms with Gasteiger partial charge >= 0.3 is 0 Å². The fraction of sp³-hybridized carbons (Fsp3) is 0.368. The monoisotopic (exact) mass is 404 g/mol. The van der Waals surface area contributed by atoms with E-state index in [2.05, 4.69) is 4.98 Å². The predicted octanol–water partition coefficient (Wildman–Crippen LogP) is 2.16. The normalized spacial score (nSPS) is 15.3. The molecule has 1 aromatic carbocycles. The zero-order valence-electron chi connectivity index (χ0n) is 15.6. The summed E-state index contributed by atoms with van der Waals surface area (Å²) in [5.41, 5.74) is 3.46. The fourth-order valence-electron chi connectivity index (χ4n) is 3.12. The number of likely N-dealkylation sites (tertiary alicyclic amines) is 1. The van der Waals surface area contributed by atoms with Crippen molar-refractivity contribution in [3.63, 3.8) is 0 Å². The first-order chi connectivity index (χ1) is 13.4. The zero-order valence-corrected chi connectivity index (χ0v) is 16.4. The summed E-state index contributed by atoms with van der Waals surface area (Å²) in [7, 11) is -3.21. The molecular formula is C19H24N4O4S. The minimum Gasteiger partial charge on any atom is -0.492 e. The molecule has 0 radical (unpaired) electrons. The Morgan fingerprint density at radius 1 is 1.25 bits per heavy atom. The maximum Gasteiger partial charge on any atom is 0.215 e. The second-order valence-corrected chi connectivity index (χ2v) is 8.89. The molecule has 0 bridgehead atoms. The van der Waals surface area contributed by atoms with Gasteiger partial charge in [-0.25, -0.2) is 13.9 Å². The van der Waals surface area contributed by atoms with E-state index in [0.717, 1.165) is 24.1 Å². The van der Waals surface area contributed by atoms with Gasteiger partial charge in [-0.05, 0) is 43.0 Å². The highest BCUT2D eigenvalue weighted by Crippen LogP contribution is 2.23. The van der Waals surface area contributed by atoms with E-state index in [4.69, 9.17) is 15.4 Å². The van der Waals surface area contributed by atoms with E-state index in [0.29, 0.717) is 31.4 Å². The van der Waals surface area contributed by atoms with Gasteiger partial charge in [0, 0.05) is 24.9 Å². The lowest BCUT2D eigenvalue weighted by Gasteiger charge is -2.32. The second kappa shape index (κ2) is 8.57. The van der Waals surface area contributed by atoms with Crippen molar-refractivity contribution in [1.82, 2.24) is 15.4 Å². The van der Waals surface area contributed by atoms with E-state index < -0.39 is 9.84 Å². The highest BCUT2D eigenvalue weighted by molar-refractivity contribution is 7.90. The highest BCUT2D eigenvalue weighted by atomic mass is 32.2. The van der Waals surface area contributed by atoms with Gasteiger partial charge in [0.1, 0.15) is 5.75 Å². The van der Waals surface area contributed by atoms with Crippen molar-refractivity contribution in [3.8, 4) is 17.0 Å². The quantitative estimate of drug-likeness (QED) is 0.397. The average molecular weight is 404 g/mol. The molecule has 1 saturated heterocycles. The van der Waals surface area contributed by atoms with E-state index in [1.807, 2.05) is 17.6 Å². The van der Waals surface area contributed by atoms with Crippen LogP contribution in [0.2, 0.25) is 0 Å². The zero-order chi connectivity index (χ0) is 20.1. The first kappa shape index (κ1) is 20.1. The van der Waals surface area contributed by atoms with Crippen molar-refractivity contribution in [1.29, 1.82) is 5.41 Å². The lowest BCUT2D eigenvalue weighted by Crippen LogP contribution is -2.44. The minimum atomic E-state index is -3.21. The van der Waals surface area contributed by atoms with Gasteiger partial charge in [0.25, 0.3) is 0 Å². The number of pyridine rings is 1. The molecule has 2 heterocycles. The molecule has 28 heavy (non-hydrogen) atoms. The SMILES string of the molecule is CS(=O)(=O)c1ccc(-c2ccc(OCC3CCN(C(=N)NO)CC3)cn2)cc1. The molecule has 150 valence electrons. The van der Waals surface area contributed by atoms with Crippen LogP contribution in [-0.2, 0) is 9.84 Å². The lowest BCUT2D eigenvalue weighted by atomic mass is 9.98. The van der Waals surface area contributed by atoms with Crippen LogP contribution in [0.15, 0.2) is 47.5 Å². The highest BCUT2D eigenvalue weighted by Gasteiger charge is 2.21. The molecular weight excluding hydrogens is 380 g/mol. The number of benzene rings is 1. The number of piperidine rings is 1. The van der Waals surface area contributed by atoms with Crippen molar-refractivity contribution < 1.29 is 18.4 Å². The van der Waals surface area contributed by atoms with Gasteiger partial charge in [-0.1, -0.05) is 12.1 Å². The molecule has 2 aromatic rings. The summed E-state index contributed by atoms with van der Waals surface area (Å²) in [6.07, 6.45) is 4.63. The molecule has 0 saturated carbocycles. The Bertz CT molecular complexity index is 906. The molecule has 0 amide bonds. The van der Waals surface area contributed by atoms with Crippen LogP contribution in [0.5, 0.6) is 5.75 Å². The van der Waals surface area contributed by atoms with Gasteiger partial charge in [0.05, 0.1) is 23.4 Å². The molecule has 1 aliphatic heterocycles. The third-order valence-electron chi connectivity index (χ3n) is 4.84. The average Bonchev–Trinajstić information content (AvgIpc) is 2.72. The third kappa shape index (κ3) is 4.99. The molecule has 1 aliphatic rings. The molecule has 3 N–H and O–H groups in total. The Hall–Kier alpha value is -2.65. The summed E-state index contributed by atoms with van der Waals surface area (Å²) in [4.78, 5) is 6.48. The van der Waals surface area contributed by atoms with Crippen molar-refractivity contribution >= 4 is 15.8 Å². The van der Waals surface area contributed by atoms with Gasteiger partial charge in [-0.15, -0.1) is 0 Å². The maximum absolute atomic E-state index is 11.5. The third-order valence-corrected chi connectivity index (χ3v) is 5.97. The first-order valence-corrected chi connectivity index (χ1v) is 10.9. The van der Waals surface area contributed by atoms with Crippen LogP contribution in [0, 0.1) is 11.3 Å². The number of rotatable bonds is 5. The van der Waals surface area contributed by atoms with E-state index in [-0.39, 0.29) is 10.9 Å². The second-order valence-electron chi connectivity index (χ2n) is 6.88. The van der Waals surface area contributed by atoms with Crippen LogP contribution in [0.25, 0.3) is 11.3 Å². The Labute approximate surface area is 164 Å². The number of ether oxygens (including phenoxy) is 1. The fourth-order valence-corrected chi connectivity index (χ4v) is 3.75. The number of hydrogen-bond donors (Lipinski definition) is 3. The number of nitrogens with one attached hydrogen (secondary N) is 2. The van der Waals surface area contributed by atoms with E-state index in [1.54, 1.807) is 35.4 Å². The molecule has 1 fully saturated rings. The summed E-state index contributed by atoms with van der Waals surface area (Å²) in [6.45, 7) is 2.00. The Kier molecular flexibility index (Phi) is 6.15. The Morgan fingerprint density at radius 3 is 2.46 bits per heavy atom. The van der Waals surface area contributed by atoms with Gasteiger partial charge in [0.15, 0.2) is 9.84 Å². The van der Waals surface area contributed by atoms with Crippen molar-refractivity contribution in [2.45, 2.75) is 17.7 Å². The molecule has 0 aliphatic carbocycles. The smallest absolute Gasteiger partial charge is 0.215 e. The largest absolute Gasteiger partial charge is 0.492 e. The summed E-state index contributed by atoms with van der Waals surface area (Å²) in [5, 5.41) is 16.3. The van der Waals surface area contributed by atoms with Gasteiger partial charge in [-0.3, -0.25) is 15.6 Å². The Morgan fingerprint density at radius 2 is 1.93 bits per heavy atom. The minimum absolute atomic E-state index is 0.0312. The molecule has 0 unspecified atom stereocenters. The molecule has 8 nitrogen and oxygen atoms in total.